The van der Waals surface area contributed by atoms with Crippen LogP contribution >= 0.6 is 11.3 Å². The average Bonchev–Trinajstić information content (AvgIpc) is 2.56. The number of thiazole rings is 1. The van der Waals surface area contributed by atoms with Gasteiger partial charge in [-0.15, -0.1) is 11.3 Å². The molecule has 0 unspecified atom stereocenters. The second kappa shape index (κ2) is 3.06. The summed E-state index contributed by atoms with van der Waals surface area (Å²) < 4.78 is 0. The number of rotatable bonds is 1. The molecule has 4 heteroatoms. The molecule has 1 aromatic heterocycles. The molecular formula is C9H7NO2S. The first-order valence-corrected chi connectivity index (χ1v) is 4.57. The maximum atomic E-state index is 9.47. The summed E-state index contributed by atoms with van der Waals surface area (Å²) in [6, 6.07) is 4.47. The lowest BCUT2D eigenvalue weighted by atomic mass is 10.2. The summed E-state index contributed by atoms with van der Waals surface area (Å²) in [5.41, 5.74) is 0.646. The molecule has 0 aliphatic heterocycles. The summed E-state index contributed by atoms with van der Waals surface area (Å²) in [6.07, 6.45) is 1.67. The van der Waals surface area contributed by atoms with Gasteiger partial charge in [0.2, 0.25) is 0 Å². The predicted molar refractivity (Wildman–Crippen MR) is 50.9 cm³/mol. The molecular weight excluding hydrogens is 186 g/mol. The summed E-state index contributed by atoms with van der Waals surface area (Å²) >= 11 is 1.44. The number of aromatic hydroxyl groups is 2. The molecule has 0 atom stereocenters. The zero-order chi connectivity index (χ0) is 9.26. The van der Waals surface area contributed by atoms with E-state index in [0.717, 1.165) is 5.01 Å². The molecule has 66 valence electrons. The molecule has 3 nitrogen and oxygen atoms in total. The molecule has 2 rings (SSSR count). The molecule has 0 aliphatic rings. The third-order valence-electron chi connectivity index (χ3n) is 1.64. The zero-order valence-electron chi connectivity index (χ0n) is 6.64. The number of hydrogen-bond donors (Lipinski definition) is 2. The smallest absolute Gasteiger partial charge is 0.129 e. The Labute approximate surface area is 78.9 Å². The first-order valence-electron chi connectivity index (χ1n) is 3.69. The normalized spacial score (nSPS) is 10.2. The van der Waals surface area contributed by atoms with E-state index in [4.69, 9.17) is 5.11 Å². The molecule has 0 saturated carbocycles. The van der Waals surface area contributed by atoms with E-state index in [1.807, 2.05) is 5.38 Å². The Hall–Kier alpha value is -1.55. The van der Waals surface area contributed by atoms with Crippen LogP contribution in [0.1, 0.15) is 0 Å². The van der Waals surface area contributed by atoms with E-state index in [9.17, 15) is 5.11 Å². The van der Waals surface area contributed by atoms with Crippen molar-refractivity contribution >= 4 is 11.3 Å². The molecule has 2 N–H and O–H groups in total. The number of phenols is 2. The van der Waals surface area contributed by atoms with Gasteiger partial charge in [0.25, 0.3) is 0 Å². The van der Waals surface area contributed by atoms with Gasteiger partial charge in [0.05, 0.1) is 5.56 Å². The van der Waals surface area contributed by atoms with Crippen LogP contribution in [-0.2, 0) is 0 Å². The van der Waals surface area contributed by atoms with Crippen LogP contribution < -0.4 is 0 Å². The third-order valence-corrected chi connectivity index (χ3v) is 2.45. The van der Waals surface area contributed by atoms with Crippen molar-refractivity contribution in [3.8, 4) is 22.1 Å². The summed E-state index contributed by atoms with van der Waals surface area (Å²) in [4.78, 5) is 4.05. The minimum atomic E-state index is 0.0509. The highest BCUT2D eigenvalue weighted by atomic mass is 32.1. The quantitative estimate of drug-likeness (QED) is 0.730. The fourth-order valence-corrected chi connectivity index (χ4v) is 1.73. The van der Waals surface area contributed by atoms with Crippen LogP contribution in [0.25, 0.3) is 10.6 Å². The number of benzene rings is 1. The zero-order valence-corrected chi connectivity index (χ0v) is 7.45. The van der Waals surface area contributed by atoms with Crippen LogP contribution in [0.2, 0.25) is 0 Å². The van der Waals surface area contributed by atoms with E-state index in [1.54, 1.807) is 12.3 Å². The Kier molecular flexibility index (Phi) is 1.90. The lowest BCUT2D eigenvalue weighted by Gasteiger charge is -2.00. The molecule has 2 aromatic rings. The number of phenolic OH excluding ortho intramolecular Hbond substituents is 2. The van der Waals surface area contributed by atoms with Crippen molar-refractivity contribution in [2.24, 2.45) is 0 Å². The molecule has 0 fully saturated rings. The van der Waals surface area contributed by atoms with Crippen molar-refractivity contribution < 1.29 is 10.2 Å². The fourth-order valence-electron chi connectivity index (χ4n) is 1.06. The highest BCUT2D eigenvalue weighted by Crippen LogP contribution is 2.32. The monoisotopic (exact) mass is 193 g/mol. The minimum absolute atomic E-state index is 0.0509. The average molecular weight is 193 g/mol. The Balaban J connectivity index is 2.53. The molecule has 0 aliphatic carbocycles. The number of hydrogen-bond acceptors (Lipinski definition) is 4. The summed E-state index contributed by atoms with van der Waals surface area (Å²) in [7, 11) is 0. The predicted octanol–water partition coefficient (Wildman–Crippen LogP) is 2.22. The molecule has 0 saturated heterocycles. The van der Waals surface area contributed by atoms with Crippen molar-refractivity contribution in [1.29, 1.82) is 0 Å². The topological polar surface area (TPSA) is 53.4 Å². The standard InChI is InChI=1S/C9H7NO2S/c11-6-1-2-7(8(12)5-6)9-10-3-4-13-9/h1-5,11-12H. The number of nitrogens with zero attached hydrogens (tertiary/aromatic N) is 1. The second-order valence-electron chi connectivity index (χ2n) is 2.54. The van der Waals surface area contributed by atoms with Gasteiger partial charge in [0.15, 0.2) is 0 Å². The van der Waals surface area contributed by atoms with Gasteiger partial charge >= 0.3 is 0 Å². The van der Waals surface area contributed by atoms with Crippen molar-refractivity contribution in [3.63, 3.8) is 0 Å². The van der Waals surface area contributed by atoms with Crippen LogP contribution in [0.15, 0.2) is 29.8 Å². The maximum absolute atomic E-state index is 9.47. The van der Waals surface area contributed by atoms with Crippen LogP contribution in [0.3, 0.4) is 0 Å². The van der Waals surface area contributed by atoms with Gasteiger partial charge < -0.3 is 10.2 Å². The highest BCUT2D eigenvalue weighted by molar-refractivity contribution is 7.13. The first kappa shape index (κ1) is 8.07. The lowest BCUT2D eigenvalue weighted by Crippen LogP contribution is -1.76. The van der Waals surface area contributed by atoms with E-state index in [2.05, 4.69) is 4.98 Å². The molecule has 1 aromatic carbocycles. The molecule has 1 heterocycles. The summed E-state index contributed by atoms with van der Waals surface area (Å²) in [6.45, 7) is 0. The van der Waals surface area contributed by atoms with Gasteiger partial charge in [-0.05, 0) is 12.1 Å². The van der Waals surface area contributed by atoms with Crippen molar-refractivity contribution in [2.45, 2.75) is 0 Å². The van der Waals surface area contributed by atoms with E-state index in [0.29, 0.717) is 5.56 Å². The van der Waals surface area contributed by atoms with Crippen LogP contribution in [0, 0.1) is 0 Å². The highest BCUT2D eigenvalue weighted by Gasteiger charge is 2.06. The van der Waals surface area contributed by atoms with E-state index >= 15 is 0 Å². The Morgan fingerprint density at radius 1 is 1.23 bits per heavy atom. The molecule has 0 amide bonds. The van der Waals surface area contributed by atoms with Gasteiger partial charge in [-0.3, -0.25) is 0 Å². The minimum Gasteiger partial charge on any atom is -0.508 e. The first-order chi connectivity index (χ1) is 6.27. The SMILES string of the molecule is Oc1ccc(-c2nccs2)c(O)c1. The van der Waals surface area contributed by atoms with Crippen LogP contribution in [-0.4, -0.2) is 15.2 Å². The second-order valence-corrected chi connectivity index (χ2v) is 3.43. The molecule has 0 bridgehead atoms. The van der Waals surface area contributed by atoms with E-state index in [1.165, 1.54) is 23.5 Å². The van der Waals surface area contributed by atoms with Crippen molar-refractivity contribution in [3.05, 3.63) is 29.8 Å². The van der Waals surface area contributed by atoms with Crippen LogP contribution in [0.5, 0.6) is 11.5 Å². The number of aromatic nitrogens is 1. The third kappa shape index (κ3) is 1.48. The summed E-state index contributed by atoms with van der Waals surface area (Å²) in [5, 5.41) is 21.1. The van der Waals surface area contributed by atoms with E-state index < -0.39 is 0 Å². The summed E-state index contributed by atoms with van der Waals surface area (Å²) in [5.74, 6) is 0.104. The van der Waals surface area contributed by atoms with Crippen LogP contribution in [0.4, 0.5) is 0 Å². The largest absolute Gasteiger partial charge is 0.508 e. The lowest BCUT2D eigenvalue weighted by molar-refractivity contribution is 0.452. The Bertz CT molecular complexity index is 412. The molecule has 0 spiro atoms. The van der Waals surface area contributed by atoms with Crippen molar-refractivity contribution in [2.75, 3.05) is 0 Å². The van der Waals surface area contributed by atoms with Gasteiger partial charge in [-0.1, -0.05) is 0 Å². The van der Waals surface area contributed by atoms with Gasteiger partial charge in [-0.25, -0.2) is 4.98 Å². The Morgan fingerprint density at radius 2 is 2.08 bits per heavy atom. The Morgan fingerprint density at radius 3 is 2.69 bits per heavy atom. The van der Waals surface area contributed by atoms with Gasteiger partial charge in [0.1, 0.15) is 16.5 Å². The fraction of sp³-hybridized carbons (Fsp3) is 0. The molecule has 13 heavy (non-hydrogen) atoms. The van der Waals surface area contributed by atoms with E-state index in [-0.39, 0.29) is 11.5 Å². The maximum Gasteiger partial charge on any atom is 0.129 e. The van der Waals surface area contributed by atoms with Gasteiger partial charge in [-0.2, -0.15) is 0 Å². The van der Waals surface area contributed by atoms with Crippen molar-refractivity contribution in [1.82, 2.24) is 4.98 Å². The van der Waals surface area contributed by atoms with Gasteiger partial charge in [0, 0.05) is 17.6 Å². The molecule has 0 radical (unpaired) electrons.